The lowest BCUT2D eigenvalue weighted by molar-refractivity contribution is 0.313. The van der Waals surface area contributed by atoms with Crippen LogP contribution in [-0.4, -0.2) is 28.5 Å². The first-order valence-electron chi connectivity index (χ1n) is 5.79. The van der Waals surface area contributed by atoms with Crippen molar-refractivity contribution in [3.63, 3.8) is 0 Å². The van der Waals surface area contributed by atoms with Crippen LogP contribution in [0.15, 0.2) is 11.4 Å². The van der Waals surface area contributed by atoms with E-state index >= 15 is 0 Å². The van der Waals surface area contributed by atoms with E-state index in [4.69, 9.17) is 11.6 Å². The predicted octanol–water partition coefficient (Wildman–Crippen LogP) is 3.58. The number of nitrogens with zero attached hydrogens (tertiary/aromatic N) is 3. The molecule has 2 aromatic rings. The summed E-state index contributed by atoms with van der Waals surface area (Å²) >= 11 is 7.73. The molecule has 17 heavy (non-hydrogen) atoms. The number of hydrogen-bond donors (Lipinski definition) is 0. The Morgan fingerprint density at radius 3 is 3.00 bits per heavy atom. The Morgan fingerprint density at radius 1 is 1.41 bits per heavy atom. The SMILES string of the molecule is CCCCN(C)Cc1nc(Cl)c2ccsc2n1. The minimum atomic E-state index is 0.565. The fraction of sp³-hybridized carbons (Fsp3) is 0.500. The Labute approximate surface area is 110 Å². The van der Waals surface area contributed by atoms with Gasteiger partial charge in [0.05, 0.1) is 6.54 Å². The molecule has 2 rings (SSSR count). The first kappa shape index (κ1) is 12.7. The molecule has 92 valence electrons. The molecule has 0 N–H and O–H groups in total. The van der Waals surface area contributed by atoms with Gasteiger partial charge in [0.25, 0.3) is 0 Å². The van der Waals surface area contributed by atoms with Crippen molar-refractivity contribution in [2.45, 2.75) is 26.3 Å². The summed E-state index contributed by atoms with van der Waals surface area (Å²) in [6.45, 7) is 4.02. The van der Waals surface area contributed by atoms with Gasteiger partial charge >= 0.3 is 0 Å². The number of unbranched alkanes of at least 4 members (excludes halogenated alkanes) is 1. The van der Waals surface area contributed by atoms with E-state index in [1.165, 1.54) is 12.8 Å². The van der Waals surface area contributed by atoms with Gasteiger partial charge in [0.15, 0.2) is 0 Å². The van der Waals surface area contributed by atoms with E-state index < -0.39 is 0 Å². The summed E-state index contributed by atoms with van der Waals surface area (Å²) < 4.78 is 0. The summed E-state index contributed by atoms with van der Waals surface area (Å²) in [5, 5.41) is 3.52. The van der Waals surface area contributed by atoms with Crippen LogP contribution < -0.4 is 0 Å². The minimum Gasteiger partial charge on any atom is -0.299 e. The van der Waals surface area contributed by atoms with Crippen molar-refractivity contribution in [1.82, 2.24) is 14.9 Å². The molecule has 0 aromatic carbocycles. The van der Waals surface area contributed by atoms with Gasteiger partial charge < -0.3 is 0 Å². The molecule has 0 radical (unpaired) electrons. The van der Waals surface area contributed by atoms with E-state index in [-0.39, 0.29) is 0 Å². The maximum atomic E-state index is 6.13. The molecule has 5 heteroatoms. The number of aromatic nitrogens is 2. The molecular weight excluding hydrogens is 254 g/mol. The smallest absolute Gasteiger partial charge is 0.145 e. The fourth-order valence-corrected chi connectivity index (χ4v) is 2.77. The molecule has 0 unspecified atom stereocenters. The van der Waals surface area contributed by atoms with E-state index in [1.54, 1.807) is 11.3 Å². The van der Waals surface area contributed by atoms with Gasteiger partial charge in [-0.3, -0.25) is 4.90 Å². The topological polar surface area (TPSA) is 29.0 Å². The summed E-state index contributed by atoms with van der Waals surface area (Å²) in [6, 6.07) is 1.97. The lowest BCUT2D eigenvalue weighted by Crippen LogP contribution is -2.20. The fourth-order valence-electron chi connectivity index (χ4n) is 1.68. The van der Waals surface area contributed by atoms with Gasteiger partial charge in [0.1, 0.15) is 15.8 Å². The van der Waals surface area contributed by atoms with Crippen molar-refractivity contribution < 1.29 is 0 Å². The maximum absolute atomic E-state index is 6.13. The van der Waals surface area contributed by atoms with Crippen LogP contribution in [0.3, 0.4) is 0 Å². The summed E-state index contributed by atoms with van der Waals surface area (Å²) in [4.78, 5) is 12.1. The molecule has 0 saturated heterocycles. The zero-order valence-electron chi connectivity index (χ0n) is 10.1. The lowest BCUT2D eigenvalue weighted by Gasteiger charge is -2.14. The number of hydrogen-bond acceptors (Lipinski definition) is 4. The molecule has 0 aliphatic heterocycles. The zero-order valence-corrected chi connectivity index (χ0v) is 11.7. The summed E-state index contributed by atoms with van der Waals surface area (Å²) in [5.41, 5.74) is 0. The third-order valence-corrected chi connectivity index (χ3v) is 3.72. The highest BCUT2D eigenvalue weighted by Gasteiger charge is 2.08. The van der Waals surface area contributed by atoms with E-state index in [1.807, 2.05) is 11.4 Å². The van der Waals surface area contributed by atoms with Gasteiger partial charge in [-0.05, 0) is 31.5 Å². The second-order valence-electron chi connectivity index (χ2n) is 4.16. The molecule has 0 bridgehead atoms. The number of halogens is 1. The zero-order chi connectivity index (χ0) is 12.3. The minimum absolute atomic E-state index is 0.565. The molecule has 0 atom stereocenters. The average molecular weight is 270 g/mol. The van der Waals surface area contributed by atoms with Crippen LogP contribution in [0.25, 0.3) is 10.2 Å². The summed E-state index contributed by atoms with van der Waals surface area (Å²) in [5.74, 6) is 0.809. The van der Waals surface area contributed by atoms with Crippen molar-refractivity contribution >= 4 is 33.2 Å². The average Bonchev–Trinajstić information content (AvgIpc) is 2.75. The Hall–Kier alpha value is -0.710. The van der Waals surface area contributed by atoms with Crippen LogP contribution in [0.1, 0.15) is 25.6 Å². The lowest BCUT2D eigenvalue weighted by atomic mass is 10.3. The van der Waals surface area contributed by atoms with E-state index in [0.29, 0.717) is 5.15 Å². The number of fused-ring (bicyclic) bond motifs is 1. The number of rotatable bonds is 5. The molecule has 3 nitrogen and oxygen atoms in total. The molecule has 0 aliphatic carbocycles. The Morgan fingerprint density at radius 2 is 2.24 bits per heavy atom. The van der Waals surface area contributed by atoms with Crippen LogP contribution in [0.4, 0.5) is 0 Å². The molecular formula is C12H16ClN3S. The Balaban J connectivity index is 2.13. The molecule has 0 saturated carbocycles. The molecule has 0 aliphatic rings. The molecule has 2 aromatic heterocycles. The van der Waals surface area contributed by atoms with Crippen molar-refractivity contribution in [2.24, 2.45) is 0 Å². The standard InChI is InChI=1S/C12H16ClN3S/c1-3-4-6-16(2)8-10-14-11(13)9-5-7-17-12(9)15-10/h5,7H,3-4,6,8H2,1-2H3. The second-order valence-corrected chi connectivity index (χ2v) is 5.41. The van der Waals surface area contributed by atoms with E-state index in [2.05, 4.69) is 28.8 Å². The highest BCUT2D eigenvalue weighted by molar-refractivity contribution is 7.16. The largest absolute Gasteiger partial charge is 0.299 e. The van der Waals surface area contributed by atoms with Crippen molar-refractivity contribution in [2.75, 3.05) is 13.6 Å². The van der Waals surface area contributed by atoms with Crippen molar-refractivity contribution in [3.8, 4) is 0 Å². The summed E-state index contributed by atoms with van der Waals surface area (Å²) in [7, 11) is 2.09. The van der Waals surface area contributed by atoms with Gasteiger partial charge in [-0.15, -0.1) is 11.3 Å². The van der Waals surface area contributed by atoms with Crippen LogP contribution in [0, 0.1) is 0 Å². The van der Waals surface area contributed by atoms with Crippen LogP contribution in [0.5, 0.6) is 0 Å². The molecule has 2 heterocycles. The number of thiophene rings is 1. The monoisotopic (exact) mass is 269 g/mol. The van der Waals surface area contributed by atoms with Gasteiger partial charge in [-0.1, -0.05) is 24.9 Å². The third kappa shape index (κ3) is 3.15. The summed E-state index contributed by atoms with van der Waals surface area (Å²) in [6.07, 6.45) is 2.40. The first-order chi connectivity index (χ1) is 8.20. The Bertz CT molecular complexity index is 497. The highest BCUT2D eigenvalue weighted by Crippen LogP contribution is 2.24. The van der Waals surface area contributed by atoms with E-state index in [0.717, 1.165) is 29.1 Å². The second kappa shape index (κ2) is 5.76. The molecule has 0 fully saturated rings. The van der Waals surface area contributed by atoms with Crippen molar-refractivity contribution in [1.29, 1.82) is 0 Å². The predicted molar refractivity (Wildman–Crippen MR) is 73.7 cm³/mol. The van der Waals surface area contributed by atoms with Gasteiger partial charge in [0, 0.05) is 5.39 Å². The van der Waals surface area contributed by atoms with Crippen LogP contribution >= 0.6 is 22.9 Å². The normalized spacial score (nSPS) is 11.5. The van der Waals surface area contributed by atoms with E-state index in [9.17, 15) is 0 Å². The molecule has 0 spiro atoms. The quantitative estimate of drug-likeness (QED) is 0.777. The van der Waals surface area contributed by atoms with Gasteiger partial charge in [-0.2, -0.15) is 0 Å². The Kier molecular flexibility index (Phi) is 4.31. The van der Waals surface area contributed by atoms with Crippen LogP contribution in [-0.2, 0) is 6.54 Å². The maximum Gasteiger partial charge on any atom is 0.145 e. The van der Waals surface area contributed by atoms with Crippen molar-refractivity contribution in [3.05, 3.63) is 22.4 Å². The first-order valence-corrected chi connectivity index (χ1v) is 7.04. The van der Waals surface area contributed by atoms with Gasteiger partial charge in [0.2, 0.25) is 0 Å². The molecule has 0 amide bonds. The van der Waals surface area contributed by atoms with Gasteiger partial charge in [-0.25, -0.2) is 9.97 Å². The third-order valence-electron chi connectivity index (χ3n) is 2.63. The van der Waals surface area contributed by atoms with Crippen LogP contribution in [0.2, 0.25) is 5.15 Å². The highest BCUT2D eigenvalue weighted by atomic mass is 35.5.